The number of unbranched alkanes of at least 4 members (excludes halogenated alkanes) is 1. The maximum absolute atomic E-state index is 11.6. The number of benzene rings is 1. The van der Waals surface area contributed by atoms with Gasteiger partial charge in [-0.1, -0.05) is 31.4 Å². The lowest BCUT2D eigenvalue weighted by atomic mass is 9.72. The molecule has 0 radical (unpaired) electrons. The monoisotopic (exact) mass is 365 g/mol. The topological polar surface area (TPSA) is 40.5 Å². The van der Waals surface area contributed by atoms with Crippen LogP contribution in [-0.4, -0.2) is 36.1 Å². The Balaban J connectivity index is 2.31. The van der Waals surface area contributed by atoms with Crippen LogP contribution in [0.5, 0.6) is 0 Å². The Labute approximate surface area is 157 Å². The van der Waals surface area contributed by atoms with Gasteiger partial charge in [0.15, 0.2) is 0 Å². The quantitative estimate of drug-likeness (QED) is 0.669. The van der Waals surface area contributed by atoms with Crippen LogP contribution in [0, 0.1) is 12.8 Å². The SMILES string of the molecule is CCCCC(c1cc(Cl)cc(C(=O)O)c1C)[C@H]1CC[C@H](N(C)C)CC1. The zero-order valence-electron chi connectivity index (χ0n) is 16.0. The highest BCUT2D eigenvalue weighted by atomic mass is 35.5. The number of nitrogens with zero attached hydrogens (tertiary/aromatic N) is 1. The van der Waals surface area contributed by atoms with E-state index < -0.39 is 5.97 Å². The predicted molar refractivity (Wildman–Crippen MR) is 105 cm³/mol. The Kier molecular flexibility index (Phi) is 7.33. The van der Waals surface area contributed by atoms with Crippen LogP contribution < -0.4 is 0 Å². The largest absolute Gasteiger partial charge is 0.478 e. The molecule has 1 aliphatic rings. The lowest BCUT2D eigenvalue weighted by Crippen LogP contribution is -2.33. The van der Waals surface area contributed by atoms with E-state index in [1.165, 1.54) is 32.1 Å². The lowest BCUT2D eigenvalue weighted by molar-refractivity contribution is 0.0696. The second-order valence-corrected chi connectivity index (χ2v) is 8.19. The van der Waals surface area contributed by atoms with Gasteiger partial charge < -0.3 is 10.0 Å². The molecule has 140 valence electrons. The zero-order valence-corrected chi connectivity index (χ0v) is 16.8. The van der Waals surface area contributed by atoms with Gasteiger partial charge in [-0.25, -0.2) is 4.79 Å². The summed E-state index contributed by atoms with van der Waals surface area (Å²) in [5.41, 5.74) is 2.41. The van der Waals surface area contributed by atoms with E-state index in [-0.39, 0.29) is 0 Å². The number of hydrogen-bond donors (Lipinski definition) is 1. The van der Waals surface area contributed by atoms with Gasteiger partial charge in [0.2, 0.25) is 0 Å². The fourth-order valence-electron chi connectivity index (χ4n) is 4.40. The minimum Gasteiger partial charge on any atom is -0.478 e. The number of hydrogen-bond acceptors (Lipinski definition) is 2. The minimum atomic E-state index is -0.883. The maximum atomic E-state index is 11.6. The molecule has 2 rings (SSSR count). The van der Waals surface area contributed by atoms with E-state index in [9.17, 15) is 9.90 Å². The highest BCUT2D eigenvalue weighted by molar-refractivity contribution is 6.31. The first kappa shape index (κ1) is 20.3. The number of carbonyl (C=O) groups is 1. The fourth-order valence-corrected chi connectivity index (χ4v) is 4.62. The standard InChI is InChI=1S/C21H32ClNO2/c1-5-6-7-18(15-8-10-17(11-9-15)23(3)4)19-12-16(22)13-20(14(19)2)21(24)25/h12-13,15,17-18H,5-11H2,1-4H3,(H,24,25)/t15-,17-,18?. The van der Waals surface area contributed by atoms with Crippen molar-refractivity contribution in [2.45, 2.75) is 70.8 Å². The van der Waals surface area contributed by atoms with E-state index in [1.807, 2.05) is 13.0 Å². The Bertz CT molecular complexity index is 592. The van der Waals surface area contributed by atoms with Gasteiger partial charge in [0.05, 0.1) is 5.56 Å². The van der Waals surface area contributed by atoms with Crippen LogP contribution in [0.3, 0.4) is 0 Å². The van der Waals surface area contributed by atoms with Crippen molar-refractivity contribution in [3.63, 3.8) is 0 Å². The molecule has 1 N–H and O–H groups in total. The summed E-state index contributed by atoms with van der Waals surface area (Å²) in [5.74, 6) is 0.160. The molecule has 4 heteroatoms. The Morgan fingerprint density at radius 1 is 1.28 bits per heavy atom. The Hall–Kier alpha value is -1.06. The molecule has 0 saturated heterocycles. The molecule has 1 unspecified atom stereocenters. The molecule has 0 heterocycles. The van der Waals surface area contributed by atoms with Crippen LogP contribution in [0.1, 0.15) is 79.3 Å². The van der Waals surface area contributed by atoms with Gasteiger partial charge in [0, 0.05) is 11.1 Å². The van der Waals surface area contributed by atoms with Crippen molar-refractivity contribution >= 4 is 17.6 Å². The van der Waals surface area contributed by atoms with E-state index in [2.05, 4.69) is 25.9 Å². The van der Waals surface area contributed by atoms with Gasteiger partial charge >= 0.3 is 5.97 Å². The average molecular weight is 366 g/mol. The van der Waals surface area contributed by atoms with E-state index in [4.69, 9.17) is 11.6 Å². The number of rotatable bonds is 7. The molecule has 3 nitrogen and oxygen atoms in total. The molecule has 1 aromatic carbocycles. The van der Waals surface area contributed by atoms with E-state index in [1.54, 1.807) is 6.07 Å². The highest BCUT2D eigenvalue weighted by Crippen LogP contribution is 2.42. The van der Waals surface area contributed by atoms with Crippen molar-refractivity contribution in [1.82, 2.24) is 4.90 Å². The van der Waals surface area contributed by atoms with Gasteiger partial charge in [-0.15, -0.1) is 0 Å². The van der Waals surface area contributed by atoms with Gasteiger partial charge in [0.1, 0.15) is 0 Å². The normalized spacial score (nSPS) is 22.2. The van der Waals surface area contributed by atoms with Crippen LogP contribution in [0.25, 0.3) is 0 Å². The third-order valence-electron chi connectivity index (χ3n) is 5.95. The first-order chi connectivity index (χ1) is 11.8. The number of halogens is 1. The summed E-state index contributed by atoms with van der Waals surface area (Å²) in [6, 6.07) is 4.28. The first-order valence-electron chi connectivity index (χ1n) is 9.54. The third kappa shape index (κ3) is 4.98. The summed E-state index contributed by atoms with van der Waals surface area (Å²) in [5, 5.41) is 10.1. The first-order valence-corrected chi connectivity index (χ1v) is 9.92. The molecule has 0 spiro atoms. The van der Waals surface area contributed by atoms with Crippen molar-refractivity contribution in [1.29, 1.82) is 0 Å². The lowest BCUT2D eigenvalue weighted by Gasteiger charge is -2.37. The molecule has 1 saturated carbocycles. The number of aromatic carboxylic acids is 1. The molecular weight excluding hydrogens is 334 g/mol. The minimum absolute atomic E-state index is 0.353. The number of carboxylic acid groups (broad SMARTS) is 1. The van der Waals surface area contributed by atoms with Crippen molar-refractivity contribution in [2.75, 3.05) is 14.1 Å². The zero-order chi connectivity index (χ0) is 18.6. The number of carboxylic acids is 1. The van der Waals surface area contributed by atoms with Gasteiger partial charge in [-0.2, -0.15) is 0 Å². The van der Waals surface area contributed by atoms with Gasteiger partial charge in [-0.3, -0.25) is 0 Å². The summed E-state index contributed by atoms with van der Waals surface area (Å²) in [6.07, 6.45) is 8.34. The van der Waals surface area contributed by atoms with E-state index >= 15 is 0 Å². The summed E-state index contributed by atoms with van der Waals surface area (Å²) in [7, 11) is 4.33. The second kappa shape index (κ2) is 9.05. The van der Waals surface area contributed by atoms with Crippen LogP contribution in [0.2, 0.25) is 5.02 Å². The molecule has 0 bridgehead atoms. The second-order valence-electron chi connectivity index (χ2n) is 7.75. The van der Waals surface area contributed by atoms with Crippen LogP contribution in [0.15, 0.2) is 12.1 Å². The maximum Gasteiger partial charge on any atom is 0.336 e. The summed E-state index contributed by atoms with van der Waals surface area (Å²) < 4.78 is 0. The summed E-state index contributed by atoms with van der Waals surface area (Å²) in [4.78, 5) is 13.9. The Morgan fingerprint density at radius 2 is 1.92 bits per heavy atom. The molecular formula is C21H32ClNO2. The molecule has 1 aromatic rings. The molecule has 1 fully saturated rings. The molecule has 1 aliphatic carbocycles. The third-order valence-corrected chi connectivity index (χ3v) is 6.17. The molecule has 1 atom stereocenters. The van der Waals surface area contributed by atoms with Crippen LogP contribution >= 0.6 is 11.6 Å². The van der Waals surface area contributed by atoms with E-state index in [0.717, 1.165) is 24.0 Å². The smallest absolute Gasteiger partial charge is 0.336 e. The van der Waals surface area contributed by atoms with Crippen molar-refractivity contribution in [3.05, 3.63) is 33.8 Å². The van der Waals surface area contributed by atoms with Crippen molar-refractivity contribution < 1.29 is 9.90 Å². The predicted octanol–water partition coefficient (Wildman–Crippen LogP) is 5.74. The highest BCUT2D eigenvalue weighted by Gasteiger charge is 2.30. The average Bonchev–Trinajstić information content (AvgIpc) is 2.58. The van der Waals surface area contributed by atoms with Crippen LogP contribution in [-0.2, 0) is 0 Å². The van der Waals surface area contributed by atoms with Gasteiger partial charge in [0.25, 0.3) is 0 Å². The summed E-state index contributed by atoms with van der Waals surface area (Å²) in [6.45, 7) is 4.16. The van der Waals surface area contributed by atoms with Crippen LogP contribution in [0.4, 0.5) is 0 Å². The van der Waals surface area contributed by atoms with Gasteiger partial charge in [-0.05, 0) is 88.2 Å². The molecule has 0 aliphatic heterocycles. The molecule has 0 amide bonds. The van der Waals surface area contributed by atoms with Crippen molar-refractivity contribution in [3.8, 4) is 0 Å². The molecule has 25 heavy (non-hydrogen) atoms. The van der Waals surface area contributed by atoms with E-state index in [0.29, 0.717) is 28.5 Å². The summed E-state index contributed by atoms with van der Waals surface area (Å²) >= 11 is 6.28. The Morgan fingerprint density at radius 3 is 2.44 bits per heavy atom. The fraction of sp³-hybridized carbons (Fsp3) is 0.667. The van der Waals surface area contributed by atoms with Crippen molar-refractivity contribution in [2.24, 2.45) is 5.92 Å². The molecule has 0 aromatic heterocycles.